The number of rotatable bonds is 9. The van der Waals surface area contributed by atoms with Crippen LogP contribution in [0.25, 0.3) is 11.1 Å². The van der Waals surface area contributed by atoms with Crippen LogP contribution in [0.2, 0.25) is 0 Å². The number of phenolic OH excluding ortho intramolecular Hbond substituents is 2. The molecular weight excluding hydrogens is 412 g/mol. The number of hydrogen-bond acceptors (Lipinski definition) is 6. The maximum atomic E-state index is 11.4. The Morgan fingerprint density at radius 2 is 1.06 bits per heavy atom. The van der Waals surface area contributed by atoms with Gasteiger partial charge in [-0.15, -0.1) is 0 Å². The minimum atomic E-state index is -1.06. The number of aliphatic imine (C=N–C) groups is 2. The first-order chi connectivity index (χ1) is 15.0. The van der Waals surface area contributed by atoms with Crippen molar-refractivity contribution in [2.24, 2.45) is 21.8 Å². The highest BCUT2D eigenvalue weighted by Crippen LogP contribution is 2.38. The smallest absolute Gasteiger partial charge is 0.328 e. The van der Waals surface area contributed by atoms with Crippen molar-refractivity contribution in [3.8, 4) is 22.6 Å². The molecule has 0 radical (unpaired) electrons. The molecular formula is C24H28N2O6. The van der Waals surface area contributed by atoms with Gasteiger partial charge in [0.25, 0.3) is 0 Å². The quantitative estimate of drug-likeness (QED) is 0.437. The maximum Gasteiger partial charge on any atom is 0.328 e. The van der Waals surface area contributed by atoms with Gasteiger partial charge in [0, 0.05) is 34.7 Å². The molecule has 8 nitrogen and oxygen atoms in total. The molecule has 4 N–H and O–H groups in total. The second-order valence-electron chi connectivity index (χ2n) is 8.10. The topological polar surface area (TPSA) is 140 Å². The van der Waals surface area contributed by atoms with E-state index in [4.69, 9.17) is 0 Å². The summed E-state index contributed by atoms with van der Waals surface area (Å²) < 4.78 is 0. The molecule has 0 spiro atoms. The SMILES string of the molecule is CC(C)[C@H](N=Cc1cccc(-c2cccc(C=N[C@H](C(=O)O)C(C)C)c2O)c1O)C(=O)O. The Morgan fingerprint density at radius 3 is 1.34 bits per heavy atom. The van der Waals surface area contributed by atoms with Gasteiger partial charge < -0.3 is 20.4 Å². The van der Waals surface area contributed by atoms with Gasteiger partial charge in [0.2, 0.25) is 0 Å². The number of carbonyl (C=O) groups is 2. The van der Waals surface area contributed by atoms with E-state index >= 15 is 0 Å². The summed E-state index contributed by atoms with van der Waals surface area (Å²) in [5.74, 6) is -2.91. The molecule has 0 aliphatic heterocycles. The zero-order valence-corrected chi connectivity index (χ0v) is 18.4. The summed E-state index contributed by atoms with van der Waals surface area (Å²) >= 11 is 0. The molecule has 2 aromatic carbocycles. The Labute approximate surface area is 186 Å². The van der Waals surface area contributed by atoms with Crippen molar-refractivity contribution in [3.63, 3.8) is 0 Å². The molecule has 2 rings (SSSR count). The lowest BCUT2D eigenvalue weighted by Gasteiger charge is -2.13. The average molecular weight is 440 g/mol. The minimum Gasteiger partial charge on any atom is -0.507 e. The molecule has 0 saturated carbocycles. The third-order valence-electron chi connectivity index (χ3n) is 4.94. The fraction of sp³-hybridized carbons (Fsp3) is 0.333. The van der Waals surface area contributed by atoms with E-state index < -0.39 is 24.0 Å². The number of hydrogen-bond donors (Lipinski definition) is 4. The zero-order chi connectivity index (χ0) is 24.0. The van der Waals surface area contributed by atoms with Gasteiger partial charge >= 0.3 is 11.9 Å². The van der Waals surface area contributed by atoms with Gasteiger partial charge in [0.15, 0.2) is 0 Å². The Bertz CT molecular complexity index is 959. The van der Waals surface area contributed by atoms with E-state index in [1.165, 1.54) is 12.4 Å². The molecule has 0 fully saturated rings. The van der Waals surface area contributed by atoms with Gasteiger partial charge in [-0.2, -0.15) is 0 Å². The molecule has 0 unspecified atom stereocenters. The molecule has 0 heterocycles. The number of carboxylic acids is 2. The number of carboxylic acid groups (broad SMARTS) is 2. The molecule has 0 saturated heterocycles. The van der Waals surface area contributed by atoms with Crippen molar-refractivity contribution in [2.45, 2.75) is 39.8 Å². The summed E-state index contributed by atoms with van der Waals surface area (Å²) in [6.45, 7) is 6.97. The van der Waals surface area contributed by atoms with Crippen molar-refractivity contribution >= 4 is 24.4 Å². The molecule has 0 aliphatic rings. The standard InChI is InChI=1S/C24H28N2O6/c1-13(2)19(23(29)30)25-11-15-7-5-9-17(21(15)27)18-10-6-8-16(22(18)28)12-26-20(14(3)4)24(31)32/h5-14,19-20,27-28H,1-4H3,(H,29,30)(H,31,32)/t19-,20-/m0/s1. The van der Waals surface area contributed by atoms with Crippen molar-refractivity contribution in [1.82, 2.24) is 0 Å². The summed E-state index contributed by atoms with van der Waals surface area (Å²) in [7, 11) is 0. The molecule has 8 heteroatoms. The molecule has 0 aromatic heterocycles. The summed E-state index contributed by atoms with van der Waals surface area (Å²) in [5, 5.41) is 40.1. The highest BCUT2D eigenvalue weighted by Gasteiger charge is 2.21. The highest BCUT2D eigenvalue weighted by atomic mass is 16.4. The van der Waals surface area contributed by atoms with Crippen LogP contribution in [-0.2, 0) is 9.59 Å². The first-order valence-electron chi connectivity index (χ1n) is 10.2. The first kappa shape index (κ1) is 24.6. The molecule has 32 heavy (non-hydrogen) atoms. The number of nitrogens with zero attached hydrogens (tertiary/aromatic N) is 2. The predicted octanol–water partition coefficient (Wildman–Crippen LogP) is 3.82. The van der Waals surface area contributed by atoms with Crippen molar-refractivity contribution < 1.29 is 30.0 Å². The number of benzene rings is 2. The molecule has 0 aliphatic carbocycles. The van der Waals surface area contributed by atoms with Crippen LogP contribution < -0.4 is 0 Å². The summed E-state index contributed by atoms with van der Waals surface area (Å²) in [6.07, 6.45) is 2.61. The van der Waals surface area contributed by atoms with Crippen molar-refractivity contribution in [2.75, 3.05) is 0 Å². The van der Waals surface area contributed by atoms with Gasteiger partial charge in [-0.1, -0.05) is 52.0 Å². The van der Waals surface area contributed by atoms with Crippen LogP contribution in [0.4, 0.5) is 0 Å². The Balaban J connectivity index is 2.45. The largest absolute Gasteiger partial charge is 0.507 e. The third kappa shape index (κ3) is 5.72. The van der Waals surface area contributed by atoms with Gasteiger partial charge in [-0.05, 0) is 24.0 Å². The Kier molecular flexibility index (Phi) is 8.12. The van der Waals surface area contributed by atoms with Crippen LogP contribution >= 0.6 is 0 Å². The normalized spacial score (nSPS) is 13.8. The molecule has 2 aromatic rings. The van der Waals surface area contributed by atoms with Crippen LogP contribution in [0.3, 0.4) is 0 Å². The van der Waals surface area contributed by atoms with E-state index in [0.29, 0.717) is 22.3 Å². The van der Waals surface area contributed by atoms with E-state index in [0.717, 1.165) is 0 Å². The van der Waals surface area contributed by atoms with Crippen LogP contribution in [0.5, 0.6) is 11.5 Å². The highest BCUT2D eigenvalue weighted by molar-refractivity contribution is 5.94. The predicted molar refractivity (Wildman–Crippen MR) is 123 cm³/mol. The lowest BCUT2D eigenvalue weighted by Crippen LogP contribution is -2.24. The zero-order valence-electron chi connectivity index (χ0n) is 18.4. The maximum absolute atomic E-state index is 11.4. The lowest BCUT2D eigenvalue weighted by atomic mass is 9.98. The minimum absolute atomic E-state index is 0.167. The number of aromatic hydroxyl groups is 2. The van der Waals surface area contributed by atoms with Crippen LogP contribution in [-0.4, -0.2) is 56.9 Å². The number of para-hydroxylation sites is 2. The van der Waals surface area contributed by atoms with Gasteiger partial charge in [-0.25, -0.2) is 9.59 Å². The molecule has 170 valence electrons. The summed E-state index contributed by atoms with van der Waals surface area (Å²) in [5.41, 5.74) is 1.24. The van der Waals surface area contributed by atoms with Crippen LogP contribution in [0.1, 0.15) is 38.8 Å². The van der Waals surface area contributed by atoms with Crippen molar-refractivity contribution in [3.05, 3.63) is 47.5 Å². The fourth-order valence-electron chi connectivity index (χ4n) is 3.13. The number of phenols is 2. The average Bonchev–Trinajstić information content (AvgIpc) is 2.70. The van der Waals surface area contributed by atoms with E-state index in [1.54, 1.807) is 64.1 Å². The summed E-state index contributed by atoms with van der Waals surface area (Å²) in [6, 6.07) is 7.79. The monoisotopic (exact) mass is 440 g/mol. The Morgan fingerprint density at radius 1 is 0.719 bits per heavy atom. The molecule has 0 amide bonds. The number of aliphatic carboxylic acids is 2. The van der Waals surface area contributed by atoms with Crippen LogP contribution in [0.15, 0.2) is 46.4 Å². The molecule has 2 atom stereocenters. The van der Waals surface area contributed by atoms with Crippen LogP contribution in [0, 0.1) is 11.8 Å². The van der Waals surface area contributed by atoms with Crippen molar-refractivity contribution in [1.29, 1.82) is 0 Å². The second kappa shape index (κ2) is 10.6. The van der Waals surface area contributed by atoms with Gasteiger partial charge in [0.1, 0.15) is 23.6 Å². The van der Waals surface area contributed by atoms with E-state index in [9.17, 15) is 30.0 Å². The molecule has 0 bridgehead atoms. The van der Waals surface area contributed by atoms with Gasteiger partial charge in [0.05, 0.1) is 0 Å². The second-order valence-corrected chi connectivity index (χ2v) is 8.10. The third-order valence-corrected chi connectivity index (χ3v) is 4.94. The van der Waals surface area contributed by atoms with E-state index in [1.807, 2.05) is 0 Å². The lowest BCUT2D eigenvalue weighted by molar-refractivity contribution is -0.140. The van der Waals surface area contributed by atoms with Gasteiger partial charge in [-0.3, -0.25) is 9.98 Å². The Hall–Kier alpha value is -3.68. The van der Waals surface area contributed by atoms with E-state index in [-0.39, 0.29) is 23.3 Å². The first-order valence-corrected chi connectivity index (χ1v) is 10.2. The van der Waals surface area contributed by atoms with E-state index in [2.05, 4.69) is 9.98 Å². The summed E-state index contributed by atoms with van der Waals surface area (Å²) in [4.78, 5) is 30.9. The fourth-order valence-corrected chi connectivity index (χ4v) is 3.13.